The monoisotopic (exact) mass is 233 g/mol. The lowest BCUT2D eigenvalue weighted by atomic mass is 9.96. The van der Waals surface area contributed by atoms with Gasteiger partial charge in [0, 0.05) is 31.0 Å². The Morgan fingerprint density at radius 2 is 2.06 bits per heavy atom. The summed E-state index contributed by atoms with van der Waals surface area (Å²) in [6.07, 6.45) is 6.32. The molecule has 1 aliphatic rings. The SMILES string of the molecule is CCN(Cc1ccncc1)CC(C)(N)C1CC1. The molecule has 0 spiro atoms. The molecule has 1 atom stereocenters. The maximum Gasteiger partial charge on any atom is 0.0283 e. The lowest BCUT2D eigenvalue weighted by molar-refractivity contribution is 0.203. The summed E-state index contributed by atoms with van der Waals surface area (Å²) in [6.45, 7) is 7.39. The number of nitrogens with two attached hydrogens (primary N) is 1. The van der Waals surface area contributed by atoms with Gasteiger partial charge in [0.05, 0.1) is 0 Å². The first-order valence-electron chi connectivity index (χ1n) is 6.52. The molecule has 3 heteroatoms. The van der Waals surface area contributed by atoms with Crippen LogP contribution in [0.25, 0.3) is 0 Å². The number of aromatic nitrogens is 1. The Morgan fingerprint density at radius 1 is 1.41 bits per heavy atom. The quantitative estimate of drug-likeness (QED) is 0.817. The van der Waals surface area contributed by atoms with Crippen LogP contribution in [0, 0.1) is 5.92 Å². The highest BCUT2D eigenvalue weighted by Gasteiger charge is 2.39. The molecule has 3 nitrogen and oxygen atoms in total. The van der Waals surface area contributed by atoms with Crippen molar-refractivity contribution < 1.29 is 0 Å². The Morgan fingerprint density at radius 3 is 2.59 bits per heavy atom. The maximum atomic E-state index is 6.40. The third-order valence-corrected chi connectivity index (χ3v) is 3.68. The van der Waals surface area contributed by atoms with Crippen molar-refractivity contribution in [1.82, 2.24) is 9.88 Å². The van der Waals surface area contributed by atoms with Gasteiger partial charge in [0.2, 0.25) is 0 Å². The highest BCUT2D eigenvalue weighted by atomic mass is 15.1. The van der Waals surface area contributed by atoms with Crippen LogP contribution in [0.1, 0.15) is 32.3 Å². The molecule has 0 bridgehead atoms. The van der Waals surface area contributed by atoms with Gasteiger partial charge in [0.15, 0.2) is 0 Å². The molecule has 1 heterocycles. The summed E-state index contributed by atoms with van der Waals surface area (Å²) in [5.41, 5.74) is 7.69. The van der Waals surface area contributed by atoms with Crippen LogP contribution in [0.3, 0.4) is 0 Å². The number of pyridine rings is 1. The zero-order valence-corrected chi connectivity index (χ0v) is 10.9. The van der Waals surface area contributed by atoms with E-state index in [1.165, 1.54) is 18.4 Å². The molecular weight excluding hydrogens is 210 g/mol. The topological polar surface area (TPSA) is 42.2 Å². The van der Waals surface area contributed by atoms with Crippen LogP contribution in [0.4, 0.5) is 0 Å². The van der Waals surface area contributed by atoms with Crippen molar-refractivity contribution >= 4 is 0 Å². The van der Waals surface area contributed by atoms with E-state index in [9.17, 15) is 0 Å². The molecule has 1 fully saturated rings. The van der Waals surface area contributed by atoms with Crippen LogP contribution >= 0.6 is 0 Å². The van der Waals surface area contributed by atoms with Gasteiger partial charge in [-0.3, -0.25) is 9.88 Å². The van der Waals surface area contributed by atoms with Crippen LogP contribution in [-0.4, -0.2) is 28.5 Å². The molecule has 1 aromatic heterocycles. The van der Waals surface area contributed by atoms with Gasteiger partial charge in [-0.25, -0.2) is 0 Å². The fourth-order valence-corrected chi connectivity index (χ4v) is 2.38. The zero-order valence-electron chi connectivity index (χ0n) is 10.9. The molecule has 1 aromatic rings. The second-order valence-electron chi connectivity index (χ2n) is 5.44. The predicted octanol–water partition coefficient (Wildman–Crippen LogP) is 2.03. The fourth-order valence-electron chi connectivity index (χ4n) is 2.38. The molecule has 1 aliphatic carbocycles. The summed E-state index contributed by atoms with van der Waals surface area (Å²) in [7, 11) is 0. The Labute approximate surface area is 104 Å². The van der Waals surface area contributed by atoms with E-state index in [-0.39, 0.29) is 5.54 Å². The van der Waals surface area contributed by atoms with Gasteiger partial charge in [0.25, 0.3) is 0 Å². The van der Waals surface area contributed by atoms with Gasteiger partial charge < -0.3 is 5.73 Å². The minimum absolute atomic E-state index is 0.0248. The number of rotatable bonds is 6. The Kier molecular flexibility index (Phi) is 3.79. The van der Waals surface area contributed by atoms with Gasteiger partial charge in [-0.15, -0.1) is 0 Å². The Hall–Kier alpha value is -0.930. The van der Waals surface area contributed by atoms with E-state index in [0.717, 1.165) is 25.6 Å². The van der Waals surface area contributed by atoms with Crippen LogP contribution in [0.2, 0.25) is 0 Å². The van der Waals surface area contributed by atoms with Crippen molar-refractivity contribution in [2.24, 2.45) is 11.7 Å². The number of hydrogen-bond acceptors (Lipinski definition) is 3. The first-order chi connectivity index (χ1) is 8.12. The van der Waals surface area contributed by atoms with E-state index in [4.69, 9.17) is 5.73 Å². The third-order valence-electron chi connectivity index (χ3n) is 3.68. The summed E-state index contributed by atoms with van der Waals surface area (Å²) in [5, 5.41) is 0. The molecule has 0 aromatic carbocycles. The van der Waals surface area contributed by atoms with Gasteiger partial charge in [0.1, 0.15) is 0 Å². The maximum absolute atomic E-state index is 6.40. The molecular formula is C14H23N3. The third kappa shape index (κ3) is 3.51. The van der Waals surface area contributed by atoms with Crippen LogP contribution < -0.4 is 5.73 Å². The zero-order chi connectivity index (χ0) is 12.3. The van der Waals surface area contributed by atoms with Crippen molar-refractivity contribution in [3.8, 4) is 0 Å². The second kappa shape index (κ2) is 5.15. The number of nitrogens with zero attached hydrogens (tertiary/aromatic N) is 2. The van der Waals surface area contributed by atoms with Crippen molar-refractivity contribution in [3.05, 3.63) is 30.1 Å². The summed E-state index contributed by atoms with van der Waals surface area (Å²) in [6, 6.07) is 4.15. The number of hydrogen-bond donors (Lipinski definition) is 1. The molecule has 2 N–H and O–H groups in total. The van der Waals surface area contributed by atoms with Crippen molar-refractivity contribution in [2.75, 3.05) is 13.1 Å². The van der Waals surface area contributed by atoms with E-state index in [1.807, 2.05) is 12.4 Å². The Bertz CT molecular complexity index is 344. The van der Waals surface area contributed by atoms with Crippen molar-refractivity contribution in [2.45, 2.75) is 38.8 Å². The minimum Gasteiger partial charge on any atom is -0.324 e. The molecule has 2 rings (SSSR count). The van der Waals surface area contributed by atoms with Crippen molar-refractivity contribution in [1.29, 1.82) is 0 Å². The molecule has 1 unspecified atom stereocenters. The van der Waals surface area contributed by atoms with Crippen molar-refractivity contribution in [3.63, 3.8) is 0 Å². The standard InChI is InChI=1S/C14H23N3/c1-3-17(10-12-6-8-16-9-7-12)11-14(2,15)13-4-5-13/h6-9,13H,3-5,10-11,15H2,1-2H3. The highest BCUT2D eigenvalue weighted by Crippen LogP contribution is 2.38. The predicted molar refractivity (Wildman–Crippen MR) is 70.5 cm³/mol. The molecule has 0 saturated heterocycles. The summed E-state index contributed by atoms with van der Waals surface area (Å²) in [5.74, 6) is 0.731. The van der Waals surface area contributed by atoms with Crippen LogP contribution in [-0.2, 0) is 6.54 Å². The fraction of sp³-hybridized carbons (Fsp3) is 0.643. The summed E-state index contributed by atoms with van der Waals surface area (Å²) < 4.78 is 0. The normalized spacial score (nSPS) is 19.3. The molecule has 1 saturated carbocycles. The molecule has 0 amide bonds. The van der Waals surface area contributed by atoms with E-state index < -0.39 is 0 Å². The minimum atomic E-state index is -0.0248. The number of likely N-dealkylation sites (N-methyl/N-ethyl adjacent to an activating group) is 1. The van der Waals surface area contributed by atoms with Gasteiger partial charge in [-0.1, -0.05) is 6.92 Å². The van der Waals surface area contributed by atoms with E-state index in [2.05, 4.69) is 35.9 Å². The molecule has 17 heavy (non-hydrogen) atoms. The lowest BCUT2D eigenvalue weighted by Crippen LogP contribution is -2.49. The van der Waals surface area contributed by atoms with Crippen LogP contribution in [0.15, 0.2) is 24.5 Å². The average molecular weight is 233 g/mol. The summed E-state index contributed by atoms with van der Waals surface area (Å²) >= 11 is 0. The highest BCUT2D eigenvalue weighted by molar-refractivity contribution is 5.09. The Balaban J connectivity index is 1.92. The average Bonchev–Trinajstić information content (AvgIpc) is 3.13. The molecule has 0 radical (unpaired) electrons. The molecule has 94 valence electrons. The van der Waals surface area contributed by atoms with E-state index in [0.29, 0.717) is 0 Å². The first-order valence-corrected chi connectivity index (χ1v) is 6.52. The van der Waals surface area contributed by atoms with Gasteiger partial charge >= 0.3 is 0 Å². The largest absolute Gasteiger partial charge is 0.324 e. The lowest BCUT2D eigenvalue weighted by Gasteiger charge is -2.32. The van der Waals surface area contributed by atoms with Gasteiger partial charge in [-0.05, 0) is 49.9 Å². The van der Waals surface area contributed by atoms with Crippen LogP contribution in [0.5, 0.6) is 0 Å². The summed E-state index contributed by atoms with van der Waals surface area (Å²) in [4.78, 5) is 6.47. The van der Waals surface area contributed by atoms with E-state index in [1.54, 1.807) is 0 Å². The first kappa shape index (κ1) is 12.5. The second-order valence-corrected chi connectivity index (χ2v) is 5.44. The smallest absolute Gasteiger partial charge is 0.0283 e. The van der Waals surface area contributed by atoms with Gasteiger partial charge in [-0.2, -0.15) is 0 Å². The molecule has 0 aliphatic heterocycles. The van der Waals surface area contributed by atoms with E-state index >= 15 is 0 Å².